The van der Waals surface area contributed by atoms with Gasteiger partial charge in [0, 0.05) is 10.7 Å². The molecule has 0 saturated heterocycles. The van der Waals surface area contributed by atoms with Gasteiger partial charge < -0.3 is 9.73 Å². The molecule has 0 atom stereocenters. The molecule has 2 aromatic rings. The summed E-state index contributed by atoms with van der Waals surface area (Å²) in [5.41, 5.74) is 1.21. The summed E-state index contributed by atoms with van der Waals surface area (Å²) < 4.78 is 5.31. The van der Waals surface area contributed by atoms with Gasteiger partial charge in [-0.3, -0.25) is 4.79 Å². The van der Waals surface area contributed by atoms with Crippen LogP contribution in [0.3, 0.4) is 0 Å². The molecule has 0 bridgehead atoms. The van der Waals surface area contributed by atoms with Gasteiger partial charge in [-0.1, -0.05) is 17.7 Å². The number of nitrogens with one attached hydrogen (secondary N) is 1. The van der Waals surface area contributed by atoms with Gasteiger partial charge in [-0.05, 0) is 38.1 Å². The highest BCUT2D eigenvalue weighted by Gasteiger charge is 2.13. The van der Waals surface area contributed by atoms with Gasteiger partial charge in [-0.25, -0.2) is 0 Å². The molecule has 1 aromatic heterocycles. The molecule has 1 N–H and O–H groups in total. The van der Waals surface area contributed by atoms with Crippen LogP contribution in [-0.2, 0) is 0 Å². The molecule has 17 heavy (non-hydrogen) atoms. The molecule has 1 heterocycles. The van der Waals surface area contributed by atoms with Crippen molar-refractivity contribution in [3.63, 3.8) is 0 Å². The van der Waals surface area contributed by atoms with E-state index in [0.29, 0.717) is 22.0 Å². The molecule has 2 rings (SSSR count). The molecule has 0 aliphatic rings. The van der Waals surface area contributed by atoms with Crippen LogP contribution in [0.2, 0.25) is 5.02 Å². The second-order valence-corrected chi connectivity index (χ2v) is 4.23. The summed E-state index contributed by atoms with van der Waals surface area (Å²) in [6.45, 7) is 3.57. The second kappa shape index (κ2) is 4.63. The summed E-state index contributed by atoms with van der Waals surface area (Å²) in [5, 5.41) is 3.36. The van der Waals surface area contributed by atoms with Crippen molar-refractivity contribution in [1.29, 1.82) is 0 Å². The van der Waals surface area contributed by atoms with E-state index in [2.05, 4.69) is 5.32 Å². The Hall–Kier alpha value is -1.74. The summed E-state index contributed by atoms with van der Waals surface area (Å²) in [6, 6.07) is 8.73. The fourth-order valence-corrected chi connectivity index (χ4v) is 1.81. The zero-order valence-electron chi connectivity index (χ0n) is 9.58. The Kier molecular flexibility index (Phi) is 3.20. The van der Waals surface area contributed by atoms with E-state index >= 15 is 0 Å². The van der Waals surface area contributed by atoms with Crippen molar-refractivity contribution in [3.8, 4) is 0 Å². The maximum absolute atomic E-state index is 11.9. The lowest BCUT2D eigenvalue weighted by Gasteiger charge is -2.04. The highest BCUT2D eigenvalue weighted by atomic mass is 35.5. The lowest BCUT2D eigenvalue weighted by molar-refractivity contribution is 0.102. The highest BCUT2D eigenvalue weighted by molar-refractivity contribution is 6.30. The first-order valence-electron chi connectivity index (χ1n) is 5.20. The summed E-state index contributed by atoms with van der Waals surface area (Å²) in [4.78, 5) is 11.9. The summed E-state index contributed by atoms with van der Waals surface area (Å²) in [6.07, 6.45) is 0. The Balaban J connectivity index is 2.20. The van der Waals surface area contributed by atoms with E-state index in [-0.39, 0.29) is 5.91 Å². The number of hydrogen-bond acceptors (Lipinski definition) is 2. The number of aryl methyl sites for hydroxylation is 2. The van der Waals surface area contributed by atoms with Gasteiger partial charge in [0.1, 0.15) is 11.5 Å². The maximum atomic E-state index is 11.9. The maximum Gasteiger partial charge on any atom is 0.259 e. The van der Waals surface area contributed by atoms with Gasteiger partial charge in [0.2, 0.25) is 0 Å². The van der Waals surface area contributed by atoms with Crippen molar-refractivity contribution in [3.05, 3.63) is 52.4 Å². The number of benzene rings is 1. The molecule has 0 unspecified atom stereocenters. The van der Waals surface area contributed by atoms with Crippen LogP contribution in [0.15, 0.2) is 34.7 Å². The van der Waals surface area contributed by atoms with Gasteiger partial charge in [-0.15, -0.1) is 0 Å². The van der Waals surface area contributed by atoms with E-state index < -0.39 is 0 Å². The molecule has 0 fully saturated rings. The fraction of sp³-hybridized carbons (Fsp3) is 0.154. The van der Waals surface area contributed by atoms with Crippen LogP contribution < -0.4 is 5.32 Å². The quantitative estimate of drug-likeness (QED) is 0.880. The molecule has 0 spiro atoms. The molecule has 88 valence electrons. The summed E-state index contributed by atoms with van der Waals surface area (Å²) in [5.74, 6) is 1.14. The summed E-state index contributed by atoms with van der Waals surface area (Å²) >= 11 is 5.84. The molecular formula is C13H12ClNO2. The number of anilines is 1. The van der Waals surface area contributed by atoms with Gasteiger partial charge in [0.25, 0.3) is 5.91 Å². The lowest BCUT2D eigenvalue weighted by atomic mass is 10.2. The average Bonchev–Trinajstić information content (AvgIpc) is 2.58. The number of carbonyl (C=O) groups excluding carboxylic acids is 1. The Morgan fingerprint density at radius 3 is 2.65 bits per heavy atom. The largest absolute Gasteiger partial charge is 0.466 e. The van der Waals surface area contributed by atoms with E-state index in [1.165, 1.54) is 0 Å². The molecular weight excluding hydrogens is 238 g/mol. The van der Waals surface area contributed by atoms with E-state index in [9.17, 15) is 4.79 Å². The monoisotopic (exact) mass is 249 g/mol. The number of amides is 1. The van der Waals surface area contributed by atoms with Crippen molar-refractivity contribution in [1.82, 2.24) is 0 Å². The Morgan fingerprint density at radius 1 is 1.29 bits per heavy atom. The van der Waals surface area contributed by atoms with E-state index in [1.54, 1.807) is 37.3 Å². The average molecular weight is 250 g/mol. The van der Waals surface area contributed by atoms with Crippen LogP contribution >= 0.6 is 11.6 Å². The van der Waals surface area contributed by atoms with Crippen LogP contribution in [0.1, 0.15) is 21.9 Å². The Bertz CT molecular complexity index is 560. The van der Waals surface area contributed by atoms with Crippen molar-refractivity contribution in [2.45, 2.75) is 13.8 Å². The molecule has 0 radical (unpaired) electrons. The third-order valence-electron chi connectivity index (χ3n) is 2.37. The Morgan fingerprint density at radius 2 is 2.06 bits per heavy atom. The van der Waals surface area contributed by atoms with Gasteiger partial charge in [0.05, 0.1) is 5.56 Å². The van der Waals surface area contributed by atoms with Crippen LogP contribution in [-0.4, -0.2) is 5.91 Å². The summed E-state index contributed by atoms with van der Waals surface area (Å²) in [7, 11) is 0. The molecule has 4 heteroatoms. The lowest BCUT2D eigenvalue weighted by Crippen LogP contribution is -2.11. The predicted molar refractivity (Wildman–Crippen MR) is 67.6 cm³/mol. The minimum absolute atomic E-state index is 0.193. The number of furan rings is 1. The SMILES string of the molecule is Cc1cc(C(=O)Nc2cccc(Cl)c2)c(C)o1. The van der Waals surface area contributed by atoms with Crippen LogP contribution in [0.5, 0.6) is 0 Å². The fourth-order valence-electron chi connectivity index (χ4n) is 1.62. The first-order valence-corrected chi connectivity index (χ1v) is 5.58. The molecule has 1 aromatic carbocycles. The minimum Gasteiger partial charge on any atom is -0.466 e. The normalized spacial score (nSPS) is 10.3. The van der Waals surface area contributed by atoms with Crippen LogP contribution in [0.4, 0.5) is 5.69 Å². The standard InChI is InChI=1S/C13H12ClNO2/c1-8-6-12(9(2)17-8)13(16)15-11-5-3-4-10(14)7-11/h3-7H,1-2H3,(H,15,16). The molecule has 3 nitrogen and oxygen atoms in total. The predicted octanol–water partition coefficient (Wildman–Crippen LogP) is 3.80. The van der Waals surface area contributed by atoms with Crippen LogP contribution in [0.25, 0.3) is 0 Å². The van der Waals surface area contributed by atoms with Gasteiger partial charge in [0.15, 0.2) is 0 Å². The molecule has 0 aliphatic heterocycles. The first-order chi connectivity index (χ1) is 8.06. The number of halogens is 1. The second-order valence-electron chi connectivity index (χ2n) is 3.79. The molecule has 1 amide bonds. The first kappa shape index (κ1) is 11.7. The third kappa shape index (κ3) is 2.68. The molecule has 0 saturated carbocycles. The van der Waals surface area contributed by atoms with Gasteiger partial charge >= 0.3 is 0 Å². The Labute approximate surface area is 104 Å². The van der Waals surface area contributed by atoms with Crippen molar-refractivity contribution < 1.29 is 9.21 Å². The van der Waals surface area contributed by atoms with Crippen molar-refractivity contribution in [2.75, 3.05) is 5.32 Å². The van der Waals surface area contributed by atoms with Crippen molar-refractivity contribution >= 4 is 23.2 Å². The van der Waals surface area contributed by atoms with E-state index in [4.69, 9.17) is 16.0 Å². The number of carbonyl (C=O) groups is 1. The van der Waals surface area contributed by atoms with Crippen LogP contribution in [0, 0.1) is 13.8 Å². The highest BCUT2D eigenvalue weighted by Crippen LogP contribution is 2.18. The smallest absolute Gasteiger partial charge is 0.259 e. The topological polar surface area (TPSA) is 42.2 Å². The van der Waals surface area contributed by atoms with Crippen molar-refractivity contribution in [2.24, 2.45) is 0 Å². The van der Waals surface area contributed by atoms with Gasteiger partial charge in [-0.2, -0.15) is 0 Å². The molecule has 0 aliphatic carbocycles. The zero-order chi connectivity index (χ0) is 12.4. The van der Waals surface area contributed by atoms with E-state index in [1.807, 2.05) is 6.92 Å². The number of rotatable bonds is 2. The third-order valence-corrected chi connectivity index (χ3v) is 2.60. The zero-order valence-corrected chi connectivity index (χ0v) is 10.3. The van der Waals surface area contributed by atoms with E-state index in [0.717, 1.165) is 5.76 Å². The number of hydrogen-bond donors (Lipinski definition) is 1. The minimum atomic E-state index is -0.193.